The summed E-state index contributed by atoms with van der Waals surface area (Å²) < 4.78 is 0. The Labute approximate surface area is 96.7 Å². The van der Waals surface area contributed by atoms with Crippen molar-refractivity contribution in [3.8, 4) is 5.75 Å². The molecule has 0 aromatic heterocycles. The Morgan fingerprint density at radius 2 is 2.12 bits per heavy atom. The van der Waals surface area contributed by atoms with Crippen LogP contribution in [-0.4, -0.2) is 21.1 Å². The van der Waals surface area contributed by atoms with Gasteiger partial charge in [0.1, 0.15) is 5.75 Å². The van der Waals surface area contributed by atoms with Crippen molar-refractivity contribution >= 4 is 11.7 Å². The summed E-state index contributed by atoms with van der Waals surface area (Å²) in [5.74, 6) is -1.55. The number of fused-ring (bicyclic) bond motifs is 1. The van der Waals surface area contributed by atoms with Crippen LogP contribution in [0.2, 0.25) is 0 Å². The zero-order valence-electron chi connectivity index (χ0n) is 8.92. The lowest BCUT2D eigenvalue weighted by Crippen LogP contribution is -2.23. The molecule has 1 unspecified atom stereocenters. The summed E-state index contributed by atoms with van der Waals surface area (Å²) >= 11 is 0. The van der Waals surface area contributed by atoms with Gasteiger partial charge >= 0.3 is 5.97 Å². The van der Waals surface area contributed by atoms with E-state index in [4.69, 9.17) is 5.11 Å². The number of aliphatic carboxylic acids is 1. The number of benzene rings is 1. The maximum atomic E-state index is 10.9. The van der Waals surface area contributed by atoms with E-state index in [9.17, 15) is 20.0 Å². The second kappa shape index (κ2) is 4.04. The summed E-state index contributed by atoms with van der Waals surface area (Å²) in [6, 6.07) is 2.51. The maximum Gasteiger partial charge on any atom is 0.306 e. The standard InChI is InChI=1S/C11H11NO5/c13-10-4-3-9(12(16)17)8-5-6(11(14)15)1-2-7(8)10/h3-4,6,13H,1-2,5H2,(H,14,15). The van der Waals surface area contributed by atoms with Gasteiger partial charge in [0.15, 0.2) is 0 Å². The van der Waals surface area contributed by atoms with Gasteiger partial charge in [0.2, 0.25) is 0 Å². The van der Waals surface area contributed by atoms with Gasteiger partial charge in [-0.05, 0) is 25.3 Å². The number of carboxylic acids is 1. The summed E-state index contributed by atoms with van der Waals surface area (Å²) in [4.78, 5) is 21.2. The molecular weight excluding hydrogens is 226 g/mol. The highest BCUT2D eigenvalue weighted by Gasteiger charge is 2.31. The van der Waals surface area contributed by atoms with Gasteiger partial charge in [-0.2, -0.15) is 0 Å². The van der Waals surface area contributed by atoms with Crippen molar-refractivity contribution in [3.05, 3.63) is 33.4 Å². The first-order chi connectivity index (χ1) is 8.00. The van der Waals surface area contributed by atoms with E-state index in [0.717, 1.165) is 0 Å². The molecule has 0 amide bonds. The van der Waals surface area contributed by atoms with E-state index < -0.39 is 16.8 Å². The van der Waals surface area contributed by atoms with Crippen LogP contribution in [0.15, 0.2) is 12.1 Å². The van der Waals surface area contributed by atoms with E-state index in [1.807, 2.05) is 0 Å². The molecule has 0 spiro atoms. The number of hydrogen-bond acceptors (Lipinski definition) is 4. The topological polar surface area (TPSA) is 101 Å². The number of phenolic OH excluding ortho intramolecular Hbond substituents is 1. The van der Waals surface area contributed by atoms with Gasteiger partial charge in [0.05, 0.1) is 10.8 Å². The Kier molecular flexibility index (Phi) is 2.71. The number of nitro groups is 1. The van der Waals surface area contributed by atoms with E-state index in [2.05, 4.69) is 0 Å². The summed E-state index contributed by atoms with van der Waals surface area (Å²) in [5, 5.41) is 29.4. The molecule has 0 aliphatic heterocycles. The van der Waals surface area contributed by atoms with Crippen LogP contribution in [0.1, 0.15) is 17.5 Å². The van der Waals surface area contributed by atoms with E-state index in [1.165, 1.54) is 12.1 Å². The lowest BCUT2D eigenvalue weighted by atomic mass is 9.82. The van der Waals surface area contributed by atoms with Gasteiger partial charge < -0.3 is 10.2 Å². The minimum absolute atomic E-state index is 0.00874. The van der Waals surface area contributed by atoms with Crippen LogP contribution in [0.25, 0.3) is 0 Å². The van der Waals surface area contributed by atoms with Crippen molar-refractivity contribution in [2.75, 3.05) is 0 Å². The van der Waals surface area contributed by atoms with Crippen LogP contribution in [0.4, 0.5) is 5.69 Å². The lowest BCUT2D eigenvalue weighted by molar-refractivity contribution is -0.385. The zero-order valence-corrected chi connectivity index (χ0v) is 8.92. The molecule has 0 bridgehead atoms. The molecular formula is C11H11NO5. The molecule has 0 heterocycles. The molecule has 0 radical (unpaired) electrons. The van der Waals surface area contributed by atoms with Gasteiger partial charge in [0, 0.05) is 17.2 Å². The monoisotopic (exact) mass is 237 g/mol. The number of nitrogens with zero attached hydrogens (tertiary/aromatic N) is 1. The fourth-order valence-electron chi connectivity index (χ4n) is 2.22. The molecule has 0 saturated carbocycles. The van der Waals surface area contributed by atoms with Crippen LogP contribution in [-0.2, 0) is 17.6 Å². The van der Waals surface area contributed by atoms with Crippen LogP contribution >= 0.6 is 0 Å². The third-order valence-electron chi connectivity index (χ3n) is 3.12. The van der Waals surface area contributed by atoms with Gasteiger partial charge in [0.25, 0.3) is 5.69 Å². The van der Waals surface area contributed by atoms with Crippen molar-refractivity contribution in [2.45, 2.75) is 19.3 Å². The fraction of sp³-hybridized carbons (Fsp3) is 0.364. The highest BCUT2D eigenvalue weighted by molar-refractivity contribution is 5.72. The highest BCUT2D eigenvalue weighted by atomic mass is 16.6. The molecule has 17 heavy (non-hydrogen) atoms. The van der Waals surface area contributed by atoms with Crippen LogP contribution in [0.3, 0.4) is 0 Å². The molecule has 1 aliphatic rings. The zero-order chi connectivity index (χ0) is 12.6. The van der Waals surface area contributed by atoms with E-state index in [1.54, 1.807) is 0 Å². The van der Waals surface area contributed by atoms with Crippen molar-refractivity contribution in [1.82, 2.24) is 0 Å². The molecule has 1 aromatic rings. The normalized spacial score (nSPS) is 18.5. The molecule has 1 atom stereocenters. The average molecular weight is 237 g/mol. The van der Waals surface area contributed by atoms with Gasteiger partial charge in [-0.15, -0.1) is 0 Å². The van der Waals surface area contributed by atoms with E-state index in [-0.39, 0.29) is 17.9 Å². The molecule has 1 aromatic carbocycles. The van der Waals surface area contributed by atoms with Crippen molar-refractivity contribution in [1.29, 1.82) is 0 Å². The molecule has 6 heteroatoms. The van der Waals surface area contributed by atoms with Crippen LogP contribution in [0, 0.1) is 16.0 Å². The SMILES string of the molecule is O=C(O)C1CCc2c(O)ccc([N+](=O)[O-])c2C1. The fourth-order valence-corrected chi connectivity index (χ4v) is 2.22. The Bertz CT molecular complexity index is 497. The maximum absolute atomic E-state index is 10.9. The molecule has 2 N–H and O–H groups in total. The first kappa shape index (κ1) is 11.4. The molecule has 1 aliphatic carbocycles. The van der Waals surface area contributed by atoms with Crippen molar-refractivity contribution < 1.29 is 19.9 Å². The number of nitro benzene ring substituents is 1. The summed E-state index contributed by atoms with van der Waals surface area (Å²) in [6.45, 7) is 0. The Morgan fingerprint density at radius 1 is 1.41 bits per heavy atom. The van der Waals surface area contributed by atoms with E-state index >= 15 is 0 Å². The molecule has 90 valence electrons. The molecule has 6 nitrogen and oxygen atoms in total. The third kappa shape index (κ3) is 1.93. The Morgan fingerprint density at radius 3 is 2.71 bits per heavy atom. The number of aromatic hydroxyl groups is 1. The first-order valence-electron chi connectivity index (χ1n) is 5.21. The lowest BCUT2D eigenvalue weighted by Gasteiger charge is -2.21. The minimum atomic E-state index is -0.951. The Hall–Kier alpha value is -2.11. The van der Waals surface area contributed by atoms with Gasteiger partial charge in [-0.3, -0.25) is 14.9 Å². The number of rotatable bonds is 2. The summed E-state index contributed by atoms with van der Waals surface area (Å²) in [7, 11) is 0. The summed E-state index contributed by atoms with van der Waals surface area (Å²) in [5.41, 5.74) is 0.758. The molecule has 2 rings (SSSR count). The van der Waals surface area contributed by atoms with E-state index in [0.29, 0.717) is 24.0 Å². The molecule has 0 saturated heterocycles. The van der Waals surface area contributed by atoms with Crippen molar-refractivity contribution in [2.24, 2.45) is 5.92 Å². The third-order valence-corrected chi connectivity index (χ3v) is 3.12. The van der Waals surface area contributed by atoms with Crippen molar-refractivity contribution in [3.63, 3.8) is 0 Å². The quantitative estimate of drug-likeness (QED) is 0.599. The smallest absolute Gasteiger partial charge is 0.306 e. The predicted molar refractivity (Wildman–Crippen MR) is 57.9 cm³/mol. The van der Waals surface area contributed by atoms with Gasteiger partial charge in [-0.1, -0.05) is 0 Å². The second-order valence-corrected chi connectivity index (χ2v) is 4.10. The number of carbonyl (C=O) groups is 1. The number of carboxylic acid groups (broad SMARTS) is 1. The average Bonchev–Trinajstić information content (AvgIpc) is 2.28. The number of hydrogen-bond donors (Lipinski definition) is 2. The molecule has 0 fully saturated rings. The van der Waals surface area contributed by atoms with Crippen LogP contribution in [0.5, 0.6) is 5.75 Å². The minimum Gasteiger partial charge on any atom is -0.508 e. The van der Waals surface area contributed by atoms with Crippen LogP contribution < -0.4 is 0 Å². The van der Waals surface area contributed by atoms with Gasteiger partial charge in [-0.25, -0.2) is 0 Å². The Balaban J connectivity index is 2.49. The first-order valence-corrected chi connectivity index (χ1v) is 5.21. The highest BCUT2D eigenvalue weighted by Crippen LogP contribution is 2.37. The second-order valence-electron chi connectivity index (χ2n) is 4.10. The largest absolute Gasteiger partial charge is 0.508 e. The predicted octanol–water partition coefficient (Wildman–Crippen LogP) is 1.49. The summed E-state index contributed by atoms with van der Waals surface area (Å²) in [6.07, 6.45) is 0.867. The number of phenols is 1.